The molecular weight excluding hydrogens is 180 g/mol. The van der Waals surface area contributed by atoms with Crippen LogP contribution in [0, 0.1) is 0 Å². The van der Waals surface area contributed by atoms with Crippen molar-refractivity contribution in [2.45, 2.75) is 25.7 Å². The van der Waals surface area contributed by atoms with Gasteiger partial charge in [-0.2, -0.15) is 0 Å². The average Bonchev–Trinajstić information content (AvgIpc) is 2.25. The predicted octanol–water partition coefficient (Wildman–Crippen LogP) is 0.409. The summed E-state index contributed by atoms with van der Waals surface area (Å²) in [7, 11) is 0. The molecule has 1 N–H and O–H groups in total. The summed E-state index contributed by atoms with van der Waals surface area (Å²) >= 11 is 0. The monoisotopic (exact) mass is 199 g/mol. The van der Waals surface area contributed by atoms with E-state index < -0.39 is 0 Å². The highest BCUT2D eigenvalue weighted by molar-refractivity contribution is 5.75. The molecule has 0 aliphatic carbocycles. The second kappa shape index (κ2) is 6.79. The Hall–Kier alpha value is -0.610. The second-order valence-corrected chi connectivity index (χ2v) is 3.71. The van der Waals surface area contributed by atoms with Crippen LogP contribution >= 0.6 is 0 Å². The lowest BCUT2D eigenvalue weighted by Gasteiger charge is -2.25. The van der Waals surface area contributed by atoms with Crippen molar-refractivity contribution in [3.8, 4) is 0 Å². The zero-order valence-corrected chi connectivity index (χ0v) is 8.63. The van der Waals surface area contributed by atoms with Gasteiger partial charge in [0.05, 0.1) is 6.61 Å². The molecule has 1 saturated heterocycles. The maximum absolute atomic E-state index is 11.2. The molecule has 0 aromatic rings. The molecule has 1 aliphatic heterocycles. The van der Waals surface area contributed by atoms with E-state index in [1.54, 1.807) is 0 Å². The van der Waals surface area contributed by atoms with Gasteiger partial charge in [0.2, 0.25) is 5.91 Å². The fourth-order valence-corrected chi connectivity index (χ4v) is 1.72. The number of amides is 1. The zero-order chi connectivity index (χ0) is 10.2. The minimum Gasteiger partial charge on any atom is -0.354 e. The first kappa shape index (κ1) is 11.5. The topological polar surface area (TPSA) is 52.2 Å². The number of carbonyl (C=O) groups is 1. The largest absolute Gasteiger partial charge is 0.354 e. The SMILES string of the molecule is [O]CCNC(=O)CCN1CCCCC1. The lowest BCUT2D eigenvalue weighted by molar-refractivity contribution is -0.121. The van der Waals surface area contributed by atoms with E-state index in [0.717, 1.165) is 19.6 Å². The lowest BCUT2D eigenvalue weighted by Crippen LogP contribution is -2.34. The Morgan fingerprint density at radius 1 is 1.21 bits per heavy atom. The Labute approximate surface area is 85.3 Å². The number of nitrogens with one attached hydrogen (secondary N) is 1. The third-order valence-corrected chi connectivity index (χ3v) is 2.53. The Kier molecular flexibility index (Phi) is 5.56. The Balaban J connectivity index is 2.03. The average molecular weight is 199 g/mol. The molecule has 0 bridgehead atoms. The molecule has 1 heterocycles. The van der Waals surface area contributed by atoms with Gasteiger partial charge in [-0.1, -0.05) is 6.42 Å². The van der Waals surface area contributed by atoms with Crippen LogP contribution in [0.2, 0.25) is 0 Å². The fraction of sp³-hybridized carbons (Fsp3) is 0.900. The maximum atomic E-state index is 11.2. The van der Waals surface area contributed by atoms with Gasteiger partial charge < -0.3 is 10.2 Å². The number of nitrogens with zero attached hydrogens (tertiary/aromatic N) is 1. The summed E-state index contributed by atoms with van der Waals surface area (Å²) in [6.45, 7) is 3.11. The molecular formula is C10H19N2O2. The van der Waals surface area contributed by atoms with Crippen molar-refractivity contribution in [2.75, 3.05) is 32.8 Å². The molecule has 1 radical (unpaired) electrons. The van der Waals surface area contributed by atoms with E-state index in [-0.39, 0.29) is 19.1 Å². The molecule has 0 aromatic heterocycles. The molecule has 4 heteroatoms. The van der Waals surface area contributed by atoms with Crippen LogP contribution < -0.4 is 5.32 Å². The van der Waals surface area contributed by atoms with E-state index in [0.29, 0.717) is 6.42 Å². The summed E-state index contributed by atoms with van der Waals surface area (Å²) in [6.07, 6.45) is 4.35. The van der Waals surface area contributed by atoms with Crippen molar-refractivity contribution in [1.82, 2.24) is 10.2 Å². The van der Waals surface area contributed by atoms with Crippen LogP contribution in [0.4, 0.5) is 0 Å². The van der Waals surface area contributed by atoms with Crippen molar-refractivity contribution in [3.05, 3.63) is 0 Å². The number of likely N-dealkylation sites (tertiary alicyclic amines) is 1. The molecule has 0 aromatic carbocycles. The number of piperidine rings is 1. The van der Waals surface area contributed by atoms with Gasteiger partial charge >= 0.3 is 0 Å². The van der Waals surface area contributed by atoms with Crippen LogP contribution in [0.1, 0.15) is 25.7 Å². The first-order chi connectivity index (χ1) is 6.83. The van der Waals surface area contributed by atoms with Crippen LogP contribution in [0.25, 0.3) is 0 Å². The van der Waals surface area contributed by atoms with Crippen LogP contribution in [-0.4, -0.2) is 43.6 Å². The van der Waals surface area contributed by atoms with Crippen LogP contribution in [0.5, 0.6) is 0 Å². The van der Waals surface area contributed by atoms with Gasteiger partial charge in [-0.25, -0.2) is 5.11 Å². The van der Waals surface area contributed by atoms with Crippen molar-refractivity contribution < 1.29 is 9.90 Å². The zero-order valence-electron chi connectivity index (χ0n) is 8.63. The van der Waals surface area contributed by atoms with Crippen LogP contribution in [-0.2, 0) is 9.90 Å². The highest BCUT2D eigenvalue weighted by Crippen LogP contribution is 2.08. The maximum Gasteiger partial charge on any atom is 0.221 e. The van der Waals surface area contributed by atoms with Gasteiger partial charge in [-0.15, -0.1) is 0 Å². The molecule has 1 rings (SSSR count). The van der Waals surface area contributed by atoms with Gasteiger partial charge in [0.15, 0.2) is 0 Å². The van der Waals surface area contributed by atoms with E-state index in [2.05, 4.69) is 10.2 Å². The molecule has 1 fully saturated rings. The third kappa shape index (κ3) is 4.58. The molecule has 14 heavy (non-hydrogen) atoms. The van der Waals surface area contributed by atoms with Gasteiger partial charge in [0.25, 0.3) is 0 Å². The normalized spacial score (nSPS) is 18.1. The summed E-state index contributed by atoms with van der Waals surface area (Å²) in [4.78, 5) is 13.5. The summed E-state index contributed by atoms with van der Waals surface area (Å²) in [5, 5.41) is 12.7. The molecule has 0 saturated carbocycles. The number of rotatable bonds is 5. The highest BCUT2D eigenvalue weighted by Gasteiger charge is 2.10. The van der Waals surface area contributed by atoms with E-state index in [4.69, 9.17) is 0 Å². The minimum atomic E-state index is -0.227. The Morgan fingerprint density at radius 3 is 2.57 bits per heavy atom. The molecule has 0 unspecified atom stereocenters. The molecule has 81 valence electrons. The van der Waals surface area contributed by atoms with E-state index in [1.807, 2.05) is 0 Å². The lowest BCUT2D eigenvalue weighted by atomic mass is 10.1. The molecule has 1 aliphatic rings. The quantitative estimate of drug-likeness (QED) is 0.697. The summed E-state index contributed by atoms with van der Waals surface area (Å²) in [5.41, 5.74) is 0. The number of carbonyl (C=O) groups excluding carboxylic acids is 1. The molecule has 0 atom stereocenters. The highest BCUT2D eigenvalue weighted by atomic mass is 16.3. The number of hydrogen-bond acceptors (Lipinski definition) is 2. The first-order valence-electron chi connectivity index (χ1n) is 5.40. The third-order valence-electron chi connectivity index (χ3n) is 2.53. The molecule has 1 amide bonds. The predicted molar refractivity (Wildman–Crippen MR) is 53.5 cm³/mol. The summed E-state index contributed by atoms with van der Waals surface area (Å²) in [5.74, 6) is 0.00595. The molecule has 4 nitrogen and oxygen atoms in total. The van der Waals surface area contributed by atoms with Gasteiger partial charge in [0.1, 0.15) is 0 Å². The van der Waals surface area contributed by atoms with Crippen molar-refractivity contribution >= 4 is 5.91 Å². The fourth-order valence-electron chi connectivity index (χ4n) is 1.72. The van der Waals surface area contributed by atoms with Crippen molar-refractivity contribution in [1.29, 1.82) is 0 Å². The number of hydrogen-bond donors (Lipinski definition) is 1. The smallest absolute Gasteiger partial charge is 0.221 e. The van der Waals surface area contributed by atoms with E-state index >= 15 is 0 Å². The Morgan fingerprint density at radius 2 is 1.93 bits per heavy atom. The molecule has 0 spiro atoms. The van der Waals surface area contributed by atoms with Gasteiger partial charge in [-0.3, -0.25) is 4.79 Å². The Bertz CT molecular complexity index is 168. The minimum absolute atomic E-state index is 0.00595. The second-order valence-electron chi connectivity index (χ2n) is 3.71. The summed E-state index contributed by atoms with van der Waals surface area (Å²) in [6, 6.07) is 0. The van der Waals surface area contributed by atoms with E-state index in [9.17, 15) is 9.90 Å². The van der Waals surface area contributed by atoms with Crippen molar-refractivity contribution in [2.24, 2.45) is 0 Å². The van der Waals surface area contributed by atoms with Crippen LogP contribution in [0.3, 0.4) is 0 Å². The van der Waals surface area contributed by atoms with Gasteiger partial charge in [0, 0.05) is 19.5 Å². The van der Waals surface area contributed by atoms with E-state index in [1.165, 1.54) is 19.3 Å². The van der Waals surface area contributed by atoms with Crippen molar-refractivity contribution in [3.63, 3.8) is 0 Å². The standard InChI is InChI=1S/C10H19N2O2/c13-9-5-11-10(14)4-8-12-6-2-1-3-7-12/h1-9H2,(H,11,14). The first-order valence-corrected chi connectivity index (χ1v) is 5.40. The van der Waals surface area contributed by atoms with Crippen LogP contribution in [0.15, 0.2) is 0 Å². The summed E-state index contributed by atoms with van der Waals surface area (Å²) < 4.78 is 0. The van der Waals surface area contributed by atoms with Gasteiger partial charge in [-0.05, 0) is 25.9 Å².